The number of nitrogens with one attached hydrogen (secondary N) is 1. The molecule has 1 aromatic carbocycles. The van der Waals surface area contributed by atoms with Crippen LogP contribution in [0.5, 0.6) is 0 Å². The summed E-state index contributed by atoms with van der Waals surface area (Å²) in [5, 5.41) is 1.88. The third-order valence-corrected chi connectivity index (χ3v) is 2.98. The van der Waals surface area contributed by atoms with Crippen molar-refractivity contribution in [3.05, 3.63) is 46.9 Å². The molecule has 5 nitrogen and oxygen atoms in total. The molecule has 2 rings (SSSR count). The van der Waals surface area contributed by atoms with Gasteiger partial charge >= 0.3 is 0 Å². The van der Waals surface area contributed by atoms with E-state index >= 15 is 0 Å². The molecule has 1 aromatic heterocycles. The zero-order valence-corrected chi connectivity index (χ0v) is 12.0. The number of terminal acetylenes is 1. The first-order valence-corrected chi connectivity index (χ1v) is 6.28. The highest BCUT2D eigenvalue weighted by Gasteiger charge is 2.30. The molecule has 0 saturated heterocycles. The Morgan fingerprint density at radius 2 is 1.64 bits per heavy atom. The van der Waals surface area contributed by atoms with Gasteiger partial charge in [0.05, 0.1) is 17.4 Å². The quantitative estimate of drug-likeness (QED) is 0.502. The molecule has 0 aliphatic rings. The van der Waals surface area contributed by atoms with Gasteiger partial charge < -0.3 is 11.1 Å². The number of nitrogens with two attached hydrogens (primary N) is 1. The Balaban J connectivity index is 2.82. The van der Waals surface area contributed by atoms with E-state index in [1.807, 2.05) is 5.32 Å². The number of rotatable bonds is 3. The van der Waals surface area contributed by atoms with E-state index in [9.17, 15) is 31.5 Å². The van der Waals surface area contributed by atoms with Crippen molar-refractivity contribution in [3.63, 3.8) is 0 Å². The molecule has 0 aliphatic heterocycles. The first kappa shape index (κ1) is 17.9. The molecule has 128 valence electrons. The van der Waals surface area contributed by atoms with Gasteiger partial charge in [-0.3, -0.25) is 14.6 Å². The number of nitrogens with zero attached hydrogens (tertiary/aromatic N) is 1. The molecule has 25 heavy (non-hydrogen) atoms. The fourth-order valence-corrected chi connectivity index (χ4v) is 1.95. The lowest BCUT2D eigenvalue weighted by molar-refractivity contribution is -0.111. The molecule has 3 N–H and O–H groups in total. The third-order valence-electron chi connectivity index (χ3n) is 2.98. The Labute approximate surface area is 136 Å². The van der Waals surface area contributed by atoms with Gasteiger partial charge in [0, 0.05) is 6.07 Å². The van der Waals surface area contributed by atoms with Crippen LogP contribution < -0.4 is 11.1 Å². The Bertz CT molecular complexity index is 924. The fraction of sp³-hybridized carbons (Fsp3) is 0. The van der Waals surface area contributed by atoms with Crippen LogP contribution in [-0.2, 0) is 4.79 Å². The van der Waals surface area contributed by atoms with E-state index in [2.05, 4.69) is 10.7 Å². The van der Waals surface area contributed by atoms with E-state index in [1.54, 1.807) is 5.92 Å². The summed E-state index contributed by atoms with van der Waals surface area (Å²) in [6, 6.07) is 0.578. The van der Waals surface area contributed by atoms with Crippen LogP contribution in [0.2, 0.25) is 0 Å². The van der Waals surface area contributed by atoms with Crippen LogP contribution in [0.4, 0.5) is 27.6 Å². The number of carbonyl (C=O) groups excluding carboxylic acids is 2. The highest BCUT2D eigenvalue weighted by Crippen LogP contribution is 2.35. The van der Waals surface area contributed by atoms with E-state index in [0.29, 0.717) is 12.3 Å². The summed E-state index contributed by atoms with van der Waals surface area (Å²) in [5.41, 5.74) is 0.168. The van der Waals surface area contributed by atoms with Crippen molar-refractivity contribution in [2.24, 2.45) is 5.73 Å². The van der Waals surface area contributed by atoms with Crippen LogP contribution in [0.1, 0.15) is 10.4 Å². The second-order valence-corrected chi connectivity index (χ2v) is 4.52. The van der Waals surface area contributed by atoms with Gasteiger partial charge in [0.2, 0.25) is 0 Å². The molecule has 0 bridgehead atoms. The van der Waals surface area contributed by atoms with E-state index in [1.165, 1.54) is 0 Å². The van der Waals surface area contributed by atoms with Crippen LogP contribution >= 0.6 is 0 Å². The summed E-state index contributed by atoms with van der Waals surface area (Å²) in [6.45, 7) is 0. The lowest BCUT2D eigenvalue weighted by Gasteiger charge is -2.13. The van der Waals surface area contributed by atoms with Crippen molar-refractivity contribution in [3.8, 4) is 23.6 Å². The molecule has 2 amide bonds. The lowest BCUT2D eigenvalue weighted by Crippen LogP contribution is -2.19. The molecule has 0 spiro atoms. The summed E-state index contributed by atoms with van der Waals surface area (Å²) in [7, 11) is 0. The van der Waals surface area contributed by atoms with E-state index < -0.39 is 63.4 Å². The highest BCUT2D eigenvalue weighted by molar-refractivity contribution is 6.05. The number of pyridine rings is 1. The number of benzene rings is 1. The molecule has 0 radical (unpaired) electrons. The molecular weight excluding hydrogens is 349 g/mol. The van der Waals surface area contributed by atoms with Crippen LogP contribution in [0.15, 0.2) is 12.3 Å². The Kier molecular flexibility index (Phi) is 4.69. The van der Waals surface area contributed by atoms with Crippen molar-refractivity contribution in [2.45, 2.75) is 0 Å². The van der Waals surface area contributed by atoms with E-state index in [4.69, 9.17) is 6.42 Å². The van der Waals surface area contributed by atoms with E-state index in [0.717, 1.165) is 0 Å². The van der Waals surface area contributed by atoms with Crippen molar-refractivity contribution in [1.82, 2.24) is 4.98 Å². The number of primary amides is 1. The predicted octanol–water partition coefficient (Wildman–Crippen LogP) is 2.11. The molecule has 0 atom stereocenters. The van der Waals surface area contributed by atoms with Gasteiger partial charge in [-0.25, -0.2) is 22.0 Å². The van der Waals surface area contributed by atoms with Gasteiger partial charge in [-0.15, -0.1) is 6.42 Å². The molecule has 0 aliphatic carbocycles. The van der Waals surface area contributed by atoms with E-state index in [-0.39, 0.29) is 0 Å². The second kappa shape index (κ2) is 6.56. The average molecular weight is 355 g/mol. The predicted molar refractivity (Wildman–Crippen MR) is 75.4 cm³/mol. The molecule has 0 unspecified atom stereocenters. The SMILES string of the molecule is C#CC(=O)Nc1cc(F)cnc1-c1c(F)c(F)c(C(N)=O)c(F)c1F. The second-order valence-electron chi connectivity index (χ2n) is 4.52. The molecule has 10 heteroatoms. The maximum Gasteiger partial charge on any atom is 0.300 e. The summed E-state index contributed by atoms with van der Waals surface area (Å²) < 4.78 is 69.4. The zero-order valence-electron chi connectivity index (χ0n) is 12.0. The molecule has 2 aromatic rings. The normalized spacial score (nSPS) is 10.2. The number of amides is 2. The molecular formula is C15H6F5N3O2. The Morgan fingerprint density at radius 1 is 1.08 bits per heavy atom. The minimum absolute atomic E-state index is 0.484. The summed E-state index contributed by atoms with van der Waals surface area (Å²) in [6.07, 6.45) is 5.30. The fourth-order valence-electron chi connectivity index (χ4n) is 1.95. The maximum absolute atomic E-state index is 14.2. The number of aromatic nitrogens is 1. The maximum atomic E-state index is 14.2. The minimum Gasteiger partial charge on any atom is -0.365 e. The number of carbonyl (C=O) groups is 2. The minimum atomic E-state index is -2.07. The average Bonchev–Trinajstić information content (AvgIpc) is 2.54. The van der Waals surface area contributed by atoms with Crippen molar-refractivity contribution in [1.29, 1.82) is 0 Å². The largest absolute Gasteiger partial charge is 0.365 e. The standard InChI is InChI=1S/C15H6F5N3O2/c1-2-7(24)23-6-3-5(16)4-22-14(6)8-10(17)12(19)9(15(21)25)13(20)11(8)18/h1,3-4H,(H2,21,25)(H,23,24). The monoisotopic (exact) mass is 355 g/mol. The summed E-state index contributed by atoms with van der Waals surface area (Å²) in [5.74, 6) is -10.5. The summed E-state index contributed by atoms with van der Waals surface area (Å²) >= 11 is 0. The van der Waals surface area contributed by atoms with Crippen molar-refractivity contribution in [2.75, 3.05) is 5.32 Å². The topological polar surface area (TPSA) is 85.1 Å². The van der Waals surface area contributed by atoms with Crippen molar-refractivity contribution >= 4 is 17.5 Å². The number of hydrogen-bond donors (Lipinski definition) is 2. The Hall–Kier alpha value is -3.48. The van der Waals surface area contributed by atoms with Gasteiger partial charge in [0.1, 0.15) is 17.1 Å². The van der Waals surface area contributed by atoms with Gasteiger partial charge in [0.15, 0.2) is 23.3 Å². The van der Waals surface area contributed by atoms with Gasteiger partial charge in [-0.2, -0.15) is 0 Å². The molecule has 0 fully saturated rings. The molecule has 1 heterocycles. The van der Waals surface area contributed by atoms with Crippen LogP contribution in [-0.4, -0.2) is 16.8 Å². The smallest absolute Gasteiger partial charge is 0.300 e. The van der Waals surface area contributed by atoms with Crippen molar-refractivity contribution < 1.29 is 31.5 Å². The van der Waals surface area contributed by atoms with Crippen LogP contribution in [0.3, 0.4) is 0 Å². The first-order valence-electron chi connectivity index (χ1n) is 6.28. The van der Waals surface area contributed by atoms with Gasteiger partial charge in [-0.1, -0.05) is 0 Å². The number of anilines is 1. The van der Waals surface area contributed by atoms with Crippen LogP contribution in [0.25, 0.3) is 11.3 Å². The summed E-state index contributed by atoms with van der Waals surface area (Å²) in [4.78, 5) is 25.5. The van der Waals surface area contributed by atoms with Gasteiger partial charge in [-0.05, 0) is 5.92 Å². The first-order chi connectivity index (χ1) is 11.7. The van der Waals surface area contributed by atoms with Gasteiger partial charge in [0.25, 0.3) is 11.8 Å². The lowest BCUT2D eigenvalue weighted by atomic mass is 10.0. The zero-order chi connectivity index (χ0) is 18.9. The molecule has 0 saturated carbocycles. The Morgan fingerprint density at radius 3 is 2.12 bits per heavy atom. The number of hydrogen-bond acceptors (Lipinski definition) is 3. The number of halogens is 5. The van der Waals surface area contributed by atoms with Crippen LogP contribution in [0, 0.1) is 41.4 Å². The highest BCUT2D eigenvalue weighted by atomic mass is 19.2. The third kappa shape index (κ3) is 3.12.